The van der Waals surface area contributed by atoms with Crippen LogP contribution in [-0.4, -0.2) is 59.5 Å². The molecule has 1 atom stereocenters. The van der Waals surface area contributed by atoms with Gasteiger partial charge >= 0.3 is 5.97 Å². The molecule has 0 saturated carbocycles. The maximum absolute atomic E-state index is 12.9. The number of rotatable bonds is 5. The molecule has 2 saturated heterocycles. The fourth-order valence-electron chi connectivity index (χ4n) is 4.00. The van der Waals surface area contributed by atoms with Gasteiger partial charge in [0.05, 0.1) is 24.1 Å². The van der Waals surface area contributed by atoms with Crippen LogP contribution in [0.25, 0.3) is 11.3 Å². The van der Waals surface area contributed by atoms with E-state index in [0.29, 0.717) is 26.2 Å². The lowest BCUT2D eigenvalue weighted by molar-refractivity contribution is -0.152. The second-order valence-electron chi connectivity index (χ2n) is 7.60. The summed E-state index contributed by atoms with van der Waals surface area (Å²) in [6, 6.07) is 11.9. The minimum atomic E-state index is -0.195. The number of aromatic nitrogens is 2. The molecule has 2 aliphatic rings. The Morgan fingerprint density at radius 1 is 1.10 bits per heavy atom. The predicted molar refractivity (Wildman–Crippen MR) is 109 cm³/mol. The molecular formula is C22H26N4O3. The van der Waals surface area contributed by atoms with Crippen LogP contribution in [0.3, 0.4) is 0 Å². The van der Waals surface area contributed by atoms with Crippen LogP contribution in [-0.2, 0) is 14.3 Å². The molecule has 7 nitrogen and oxygen atoms in total. The van der Waals surface area contributed by atoms with Crippen LogP contribution in [0.1, 0.15) is 19.8 Å². The summed E-state index contributed by atoms with van der Waals surface area (Å²) >= 11 is 0. The minimum Gasteiger partial charge on any atom is -0.466 e. The van der Waals surface area contributed by atoms with Crippen LogP contribution in [0.15, 0.2) is 42.7 Å². The molecule has 152 valence electrons. The van der Waals surface area contributed by atoms with Crippen molar-refractivity contribution >= 4 is 17.7 Å². The smallest absolute Gasteiger partial charge is 0.310 e. The quantitative estimate of drug-likeness (QED) is 0.725. The largest absolute Gasteiger partial charge is 0.466 e. The zero-order valence-corrected chi connectivity index (χ0v) is 16.7. The lowest BCUT2D eigenvalue weighted by atomic mass is 9.93. The van der Waals surface area contributed by atoms with Crippen molar-refractivity contribution in [1.82, 2.24) is 14.9 Å². The van der Waals surface area contributed by atoms with Crippen LogP contribution in [0, 0.1) is 11.8 Å². The van der Waals surface area contributed by atoms with Gasteiger partial charge in [0.1, 0.15) is 12.1 Å². The Morgan fingerprint density at radius 2 is 1.90 bits per heavy atom. The van der Waals surface area contributed by atoms with Crippen molar-refractivity contribution in [3.05, 3.63) is 42.7 Å². The van der Waals surface area contributed by atoms with Gasteiger partial charge in [-0.1, -0.05) is 30.3 Å². The van der Waals surface area contributed by atoms with Crippen LogP contribution in [0.2, 0.25) is 0 Å². The number of amides is 1. The molecule has 0 bridgehead atoms. The molecule has 1 amide bonds. The Kier molecular flexibility index (Phi) is 5.74. The molecule has 0 N–H and O–H groups in total. The van der Waals surface area contributed by atoms with Crippen molar-refractivity contribution in [2.24, 2.45) is 11.8 Å². The van der Waals surface area contributed by atoms with Gasteiger partial charge in [0, 0.05) is 37.8 Å². The van der Waals surface area contributed by atoms with Crippen molar-refractivity contribution < 1.29 is 14.3 Å². The van der Waals surface area contributed by atoms with Gasteiger partial charge in [-0.15, -0.1) is 0 Å². The van der Waals surface area contributed by atoms with Gasteiger partial charge in [0.15, 0.2) is 0 Å². The highest BCUT2D eigenvalue weighted by molar-refractivity contribution is 5.83. The SMILES string of the molecule is CCOC(=O)C1CCCN(C(=O)C2CN(c3cc(-c4ccccc4)ncn3)C2)C1. The van der Waals surface area contributed by atoms with Crippen molar-refractivity contribution in [3.8, 4) is 11.3 Å². The Balaban J connectivity index is 1.35. The highest BCUT2D eigenvalue weighted by Gasteiger charge is 2.38. The third-order valence-corrected chi connectivity index (χ3v) is 5.63. The van der Waals surface area contributed by atoms with E-state index in [1.807, 2.05) is 48.2 Å². The molecule has 7 heteroatoms. The first-order valence-electron chi connectivity index (χ1n) is 10.2. The van der Waals surface area contributed by atoms with Crippen molar-refractivity contribution in [3.63, 3.8) is 0 Å². The van der Waals surface area contributed by atoms with Crippen LogP contribution in [0.4, 0.5) is 5.82 Å². The zero-order valence-electron chi connectivity index (χ0n) is 16.7. The molecule has 2 aliphatic heterocycles. The summed E-state index contributed by atoms with van der Waals surface area (Å²) in [5, 5.41) is 0. The topological polar surface area (TPSA) is 75.6 Å². The number of carbonyl (C=O) groups is 2. The first kappa shape index (κ1) is 19.4. The molecule has 1 unspecified atom stereocenters. The van der Waals surface area contributed by atoms with Crippen LogP contribution in [0.5, 0.6) is 0 Å². The van der Waals surface area contributed by atoms with Crippen molar-refractivity contribution in [2.75, 3.05) is 37.7 Å². The number of esters is 1. The molecule has 0 aliphatic carbocycles. The second kappa shape index (κ2) is 8.59. The summed E-state index contributed by atoms with van der Waals surface area (Å²) in [6.45, 7) is 4.67. The highest BCUT2D eigenvalue weighted by atomic mass is 16.5. The lowest BCUT2D eigenvalue weighted by Crippen LogP contribution is -2.56. The highest BCUT2D eigenvalue weighted by Crippen LogP contribution is 2.28. The number of carbonyl (C=O) groups excluding carboxylic acids is 2. The van der Waals surface area contributed by atoms with E-state index >= 15 is 0 Å². The van der Waals surface area contributed by atoms with E-state index in [1.54, 1.807) is 6.33 Å². The number of hydrogen-bond acceptors (Lipinski definition) is 6. The Hall–Kier alpha value is -2.96. The van der Waals surface area contributed by atoms with Gasteiger partial charge in [-0.25, -0.2) is 9.97 Å². The fourth-order valence-corrected chi connectivity index (χ4v) is 4.00. The van der Waals surface area contributed by atoms with Crippen molar-refractivity contribution in [2.45, 2.75) is 19.8 Å². The van der Waals surface area contributed by atoms with Gasteiger partial charge in [0.2, 0.25) is 5.91 Å². The number of hydrogen-bond donors (Lipinski definition) is 0. The number of likely N-dealkylation sites (tertiary alicyclic amines) is 1. The molecule has 0 spiro atoms. The van der Waals surface area contributed by atoms with E-state index in [2.05, 4.69) is 14.9 Å². The van der Waals surface area contributed by atoms with Gasteiger partial charge < -0.3 is 14.5 Å². The monoisotopic (exact) mass is 394 g/mol. The molecule has 1 aromatic heterocycles. The van der Waals surface area contributed by atoms with E-state index in [4.69, 9.17) is 4.74 Å². The lowest BCUT2D eigenvalue weighted by Gasteiger charge is -2.42. The predicted octanol–water partition coefficient (Wildman–Crippen LogP) is 2.38. The van der Waals surface area contributed by atoms with Gasteiger partial charge in [-0.05, 0) is 19.8 Å². The number of anilines is 1. The van der Waals surface area contributed by atoms with Crippen molar-refractivity contribution in [1.29, 1.82) is 0 Å². The second-order valence-corrected chi connectivity index (χ2v) is 7.60. The first-order valence-corrected chi connectivity index (χ1v) is 10.2. The summed E-state index contributed by atoms with van der Waals surface area (Å²) in [7, 11) is 0. The summed E-state index contributed by atoms with van der Waals surface area (Å²) in [5.74, 6) is 0.540. The van der Waals surface area contributed by atoms with E-state index in [-0.39, 0.29) is 23.7 Å². The maximum atomic E-state index is 12.9. The molecule has 3 heterocycles. The Morgan fingerprint density at radius 3 is 2.66 bits per heavy atom. The molecule has 0 radical (unpaired) electrons. The van der Waals surface area contributed by atoms with Gasteiger partial charge in [0.25, 0.3) is 0 Å². The number of ether oxygens (including phenoxy) is 1. The maximum Gasteiger partial charge on any atom is 0.310 e. The molecule has 2 fully saturated rings. The molecule has 2 aromatic rings. The third kappa shape index (κ3) is 4.23. The molecule has 1 aromatic carbocycles. The van der Waals surface area contributed by atoms with E-state index in [9.17, 15) is 9.59 Å². The van der Waals surface area contributed by atoms with E-state index in [1.165, 1.54) is 0 Å². The number of nitrogens with zero attached hydrogens (tertiary/aromatic N) is 4. The summed E-state index contributed by atoms with van der Waals surface area (Å²) in [5.41, 5.74) is 1.92. The zero-order chi connectivity index (χ0) is 20.2. The van der Waals surface area contributed by atoms with E-state index in [0.717, 1.165) is 36.5 Å². The average molecular weight is 394 g/mol. The standard InChI is InChI=1S/C22H26N4O3/c1-2-29-22(28)17-9-6-10-25(12-17)21(27)18-13-26(14-18)20-11-19(23-15-24-20)16-7-4-3-5-8-16/h3-5,7-8,11,15,17-18H,2,6,9-10,12-14H2,1H3. The summed E-state index contributed by atoms with van der Waals surface area (Å²) in [4.78, 5) is 37.6. The van der Waals surface area contributed by atoms with Gasteiger partial charge in [-0.2, -0.15) is 0 Å². The summed E-state index contributed by atoms with van der Waals surface area (Å²) < 4.78 is 5.13. The van der Waals surface area contributed by atoms with Gasteiger partial charge in [-0.3, -0.25) is 9.59 Å². The molecular weight excluding hydrogens is 368 g/mol. The third-order valence-electron chi connectivity index (χ3n) is 5.63. The normalized spacial score (nSPS) is 19.6. The fraction of sp³-hybridized carbons (Fsp3) is 0.455. The average Bonchev–Trinajstić information content (AvgIpc) is 2.74. The van der Waals surface area contributed by atoms with Crippen LogP contribution >= 0.6 is 0 Å². The van der Waals surface area contributed by atoms with E-state index < -0.39 is 0 Å². The Labute approximate surface area is 170 Å². The molecule has 4 rings (SSSR count). The number of piperidine rings is 1. The summed E-state index contributed by atoms with van der Waals surface area (Å²) in [6.07, 6.45) is 3.21. The Bertz CT molecular complexity index is 867. The minimum absolute atomic E-state index is 0.0499. The first-order chi connectivity index (χ1) is 14.2. The molecule has 29 heavy (non-hydrogen) atoms. The van der Waals surface area contributed by atoms with Crippen LogP contribution < -0.4 is 4.90 Å². The number of benzene rings is 1.